The molecule has 2 aliphatic heterocycles. The largest absolute Gasteiger partial charge is 0.469 e. The maximum absolute atomic E-state index is 12.4. The normalized spacial score (nSPS) is 20.8. The summed E-state index contributed by atoms with van der Waals surface area (Å²) in [5.41, 5.74) is 0.710. The molecule has 3 rings (SSSR count). The highest BCUT2D eigenvalue weighted by Crippen LogP contribution is 2.23. The standard InChI is InChI=1S/C16H17N3O5/c1-24-13(20)8-12-14(21)17-6-7-18(12)9-19-15(22)10-4-2-3-5-11(10)16(19)23/h2-5,12H,6-9H2,1H3,(H,17,21). The second-order valence-electron chi connectivity index (χ2n) is 5.62. The summed E-state index contributed by atoms with van der Waals surface area (Å²) in [6.45, 7) is 0.780. The average Bonchev–Trinajstić information content (AvgIpc) is 2.83. The zero-order valence-corrected chi connectivity index (χ0v) is 13.2. The van der Waals surface area contributed by atoms with Crippen molar-refractivity contribution in [3.8, 4) is 0 Å². The fourth-order valence-electron chi connectivity index (χ4n) is 2.94. The van der Waals surface area contributed by atoms with Crippen LogP contribution in [-0.4, -0.2) is 66.4 Å². The summed E-state index contributed by atoms with van der Waals surface area (Å²) < 4.78 is 4.62. The van der Waals surface area contributed by atoms with E-state index in [1.807, 2.05) is 0 Å². The Morgan fingerprint density at radius 2 is 1.83 bits per heavy atom. The highest BCUT2D eigenvalue weighted by atomic mass is 16.5. The molecular weight excluding hydrogens is 314 g/mol. The highest BCUT2D eigenvalue weighted by molar-refractivity contribution is 6.21. The summed E-state index contributed by atoms with van der Waals surface area (Å²) in [6.07, 6.45) is -0.133. The molecule has 1 N–H and O–H groups in total. The molecule has 1 aromatic carbocycles. The van der Waals surface area contributed by atoms with Crippen molar-refractivity contribution in [2.45, 2.75) is 12.5 Å². The van der Waals surface area contributed by atoms with Gasteiger partial charge in [-0.3, -0.25) is 29.0 Å². The van der Waals surface area contributed by atoms with Crippen LogP contribution in [0, 0.1) is 0 Å². The van der Waals surface area contributed by atoms with Crippen LogP contribution in [0.4, 0.5) is 0 Å². The van der Waals surface area contributed by atoms with Gasteiger partial charge < -0.3 is 10.1 Å². The number of benzene rings is 1. The number of carbonyl (C=O) groups excluding carboxylic acids is 4. The first-order chi connectivity index (χ1) is 11.5. The van der Waals surface area contributed by atoms with Crippen LogP contribution in [0.25, 0.3) is 0 Å². The Bertz CT molecular complexity index is 682. The maximum atomic E-state index is 12.4. The van der Waals surface area contributed by atoms with Gasteiger partial charge in [-0.25, -0.2) is 0 Å². The third kappa shape index (κ3) is 2.76. The maximum Gasteiger partial charge on any atom is 0.307 e. The van der Waals surface area contributed by atoms with Gasteiger partial charge in [-0.2, -0.15) is 0 Å². The van der Waals surface area contributed by atoms with Gasteiger partial charge in [0.15, 0.2) is 0 Å². The number of ether oxygens (including phenoxy) is 1. The molecule has 24 heavy (non-hydrogen) atoms. The second-order valence-corrected chi connectivity index (χ2v) is 5.62. The Labute approximate surface area is 138 Å². The van der Waals surface area contributed by atoms with Crippen LogP contribution in [0.5, 0.6) is 0 Å². The molecule has 1 unspecified atom stereocenters. The number of hydrogen-bond donors (Lipinski definition) is 1. The van der Waals surface area contributed by atoms with E-state index in [-0.39, 0.29) is 19.0 Å². The Morgan fingerprint density at radius 1 is 1.21 bits per heavy atom. The molecule has 1 saturated heterocycles. The van der Waals surface area contributed by atoms with Gasteiger partial charge in [0.25, 0.3) is 11.8 Å². The molecular formula is C16H17N3O5. The quantitative estimate of drug-likeness (QED) is 0.596. The van der Waals surface area contributed by atoms with E-state index in [9.17, 15) is 19.2 Å². The lowest BCUT2D eigenvalue weighted by Gasteiger charge is -2.36. The van der Waals surface area contributed by atoms with Gasteiger partial charge in [0.05, 0.1) is 31.3 Å². The zero-order valence-electron chi connectivity index (χ0n) is 13.2. The molecule has 1 aromatic rings. The number of fused-ring (bicyclic) bond motifs is 1. The van der Waals surface area contributed by atoms with Crippen molar-refractivity contribution in [1.82, 2.24) is 15.1 Å². The number of amides is 3. The lowest BCUT2D eigenvalue weighted by atomic mass is 10.1. The minimum atomic E-state index is -0.768. The Kier molecular flexibility index (Phi) is 4.30. The van der Waals surface area contributed by atoms with Crippen LogP contribution in [-0.2, 0) is 14.3 Å². The molecule has 2 aliphatic rings. The third-order valence-electron chi connectivity index (χ3n) is 4.23. The summed E-state index contributed by atoms with van der Waals surface area (Å²) >= 11 is 0. The van der Waals surface area contributed by atoms with E-state index in [0.29, 0.717) is 24.2 Å². The predicted molar refractivity (Wildman–Crippen MR) is 81.9 cm³/mol. The van der Waals surface area contributed by atoms with Crippen molar-refractivity contribution >= 4 is 23.7 Å². The molecule has 0 spiro atoms. The van der Waals surface area contributed by atoms with Gasteiger partial charge in [0.2, 0.25) is 5.91 Å². The first-order valence-electron chi connectivity index (χ1n) is 7.56. The van der Waals surface area contributed by atoms with Crippen molar-refractivity contribution < 1.29 is 23.9 Å². The van der Waals surface area contributed by atoms with Crippen molar-refractivity contribution in [3.63, 3.8) is 0 Å². The number of nitrogens with one attached hydrogen (secondary N) is 1. The zero-order chi connectivity index (χ0) is 17.3. The lowest BCUT2D eigenvalue weighted by Crippen LogP contribution is -2.59. The summed E-state index contributed by atoms with van der Waals surface area (Å²) in [4.78, 5) is 51.2. The van der Waals surface area contributed by atoms with Crippen LogP contribution < -0.4 is 5.32 Å². The van der Waals surface area contributed by atoms with Gasteiger partial charge in [0.1, 0.15) is 6.04 Å². The van der Waals surface area contributed by atoms with E-state index >= 15 is 0 Å². The molecule has 8 nitrogen and oxygen atoms in total. The van der Waals surface area contributed by atoms with Crippen LogP contribution in [0.15, 0.2) is 24.3 Å². The molecule has 0 aliphatic carbocycles. The van der Waals surface area contributed by atoms with E-state index in [2.05, 4.69) is 10.1 Å². The molecule has 1 atom stereocenters. The molecule has 0 radical (unpaired) electrons. The number of carbonyl (C=O) groups is 4. The molecule has 0 aromatic heterocycles. The minimum Gasteiger partial charge on any atom is -0.469 e. The molecule has 0 saturated carbocycles. The fourth-order valence-corrected chi connectivity index (χ4v) is 2.94. The topological polar surface area (TPSA) is 96.0 Å². The molecule has 1 fully saturated rings. The van der Waals surface area contributed by atoms with Gasteiger partial charge in [-0.15, -0.1) is 0 Å². The van der Waals surface area contributed by atoms with E-state index in [4.69, 9.17) is 0 Å². The van der Waals surface area contributed by atoms with Crippen molar-refractivity contribution in [2.24, 2.45) is 0 Å². The predicted octanol–water partition coefficient (Wildman–Crippen LogP) is -0.396. The van der Waals surface area contributed by atoms with Gasteiger partial charge in [0, 0.05) is 13.1 Å². The summed E-state index contributed by atoms with van der Waals surface area (Å²) in [5.74, 6) is -1.62. The number of hydrogen-bond acceptors (Lipinski definition) is 6. The second kappa shape index (κ2) is 6.40. The monoisotopic (exact) mass is 331 g/mol. The highest BCUT2D eigenvalue weighted by Gasteiger charge is 2.39. The first-order valence-corrected chi connectivity index (χ1v) is 7.56. The van der Waals surface area contributed by atoms with Crippen molar-refractivity contribution in [1.29, 1.82) is 0 Å². The van der Waals surface area contributed by atoms with Gasteiger partial charge >= 0.3 is 5.97 Å². The Balaban J connectivity index is 1.79. The smallest absolute Gasteiger partial charge is 0.307 e. The van der Waals surface area contributed by atoms with E-state index < -0.39 is 23.8 Å². The fraction of sp³-hybridized carbons (Fsp3) is 0.375. The van der Waals surface area contributed by atoms with Crippen LogP contribution in [0.3, 0.4) is 0 Å². The van der Waals surface area contributed by atoms with E-state index in [0.717, 1.165) is 4.90 Å². The summed E-state index contributed by atoms with van der Waals surface area (Å²) in [7, 11) is 1.25. The number of rotatable bonds is 4. The molecule has 8 heteroatoms. The van der Waals surface area contributed by atoms with E-state index in [1.165, 1.54) is 7.11 Å². The number of piperazine rings is 1. The third-order valence-corrected chi connectivity index (χ3v) is 4.23. The SMILES string of the molecule is COC(=O)CC1C(=O)NCCN1CN1C(=O)c2ccccc2C1=O. The van der Waals surface area contributed by atoms with Gasteiger partial charge in [-0.1, -0.05) is 12.1 Å². The number of nitrogens with zero attached hydrogens (tertiary/aromatic N) is 2. The lowest BCUT2D eigenvalue weighted by molar-refractivity contribution is -0.146. The summed E-state index contributed by atoms with van der Waals surface area (Å²) in [5, 5.41) is 2.68. The number of imide groups is 1. The van der Waals surface area contributed by atoms with Crippen molar-refractivity contribution in [3.05, 3.63) is 35.4 Å². The number of esters is 1. The Morgan fingerprint density at radius 3 is 2.42 bits per heavy atom. The van der Waals surface area contributed by atoms with Crippen LogP contribution in [0.2, 0.25) is 0 Å². The van der Waals surface area contributed by atoms with E-state index in [1.54, 1.807) is 29.2 Å². The van der Waals surface area contributed by atoms with Crippen molar-refractivity contribution in [2.75, 3.05) is 26.9 Å². The Hall–Kier alpha value is -2.74. The molecule has 0 bridgehead atoms. The molecule has 2 heterocycles. The van der Waals surface area contributed by atoms with Crippen LogP contribution in [0.1, 0.15) is 27.1 Å². The molecule has 3 amide bonds. The molecule has 126 valence electrons. The first kappa shape index (κ1) is 16.1. The number of methoxy groups -OCH3 is 1. The van der Waals surface area contributed by atoms with Gasteiger partial charge in [-0.05, 0) is 12.1 Å². The minimum absolute atomic E-state index is 0.0403. The van der Waals surface area contributed by atoms with Crippen LogP contribution >= 0.6 is 0 Å². The average molecular weight is 331 g/mol. The summed E-state index contributed by atoms with van der Waals surface area (Å²) in [6, 6.07) is 5.83.